The van der Waals surface area contributed by atoms with Crippen molar-refractivity contribution in [2.75, 3.05) is 13.1 Å². The molecule has 5 nitrogen and oxygen atoms in total. The lowest BCUT2D eigenvalue weighted by atomic mass is 9.96. The van der Waals surface area contributed by atoms with Crippen LogP contribution in [0.15, 0.2) is 24.3 Å². The number of aldehydes is 1. The van der Waals surface area contributed by atoms with E-state index in [9.17, 15) is 14.4 Å². The molecule has 0 spiro atoms. The van der Waals surface area contributed by atoms with Crippen LogP contribution in [-0.2, 0) is 27.2 Å². The quantitative estimate of drug-likeness (QED) is 0.767. The molecule has 3 aliphatic rings. The van der Waals surface area contributed by atoms with Gasteiger partial charge in [0.15, 0.2) is 0 Å². The summed E-state index contributed by atoms with van der Waals surface area (Å²) in [6.07, 6.45) is 7.56. The number of hydrogen-bond acceptors (Lipinski definition) is 3. The topological polar surface area (TPSA) is 57.7 Å². The van der Waals surface area contributed by atoms with Gasteiger partial charge in [0.1, 0.15) is 12.3 Å². The molecular weight excluding hydrogens is 340 g/mol. The largest absolute Gasteiger partial charge is 0.331 e. The van der Waals surface area contributed by atoms with Crippen LogP contribution in [0, 0.1) is 5.92 Å². The second-order valence-electron chi connectivity index (χ2n) is 8.22. The second kappa shape index (κ2) is 7.83. The molecule has 2 fully saturated rings. The summed E-state index contributed by atoms with van der Waals surface area (Å²) in [5.74, 6) is 0.419. The van der Waals surface area contributed by atoms with Crippen LogP contribution in [0.2, 0.25) is 0 Å². The number of carbonyl (C=O) groups is 3. The highest BCUT2D eigenvalue weighted by atomic mass is 16.2. The molecule has 144 valence electrons. The first-order valence-electron chi connectivity index (χ1n) is 10.3. The molecule has 2 aliphatic heterocycles. The van der Waals surface area contributed by atoms with Crippen molar-refractivity contribution in [1.29, 1.82) is 0 Å². The molecular formula is C22H28N2O3. The smallest absolute Gasteiger partial charge is 0.245 e. The standard InChI is InChI=1S/C22H28N2O3/c25-15-19-8-5-11-23(19)22(27)20-9-3-4-10-24(20)21(26)14-16-12-17-6-1-2-7-18(17)13-16/h1-2,6-7,15-16,19-20H,3-5,8-14H2/t19-,20?/m0/s1. The van der Waals surface area contributed by atoms with Crippen molar-refractivity contribution in [1.82, 2.24) is 9.80 Å². The molecule has 0 saturated carbocycles. The molecule has 4 rings (SSSR count). The van der Waals surface area contributed by atoms with E-state index in [1.165, 1.54) is 11.1 Å². The van der Waals surface area contributed by atoms with Crippen molar-refractivity contribution >= 4 is 18.1 Å². The Hall–Kier alpha value is -2.17. The van der Waals surface area contributed by atoms with Crippen molar-refractivity contribution in [3.8, 4) is 0 Å². The molecule has 1 aromatic rings. The van der Waals surface area contributed by atoms with Crippen molar-refractivity contribution in [3.05, 3.63) is 35.4 Å². The Bertz CT molecular complexity index is 707. The highest BCUT2D eigenvalue weighted by Crippen LogP contribution is 2.30. The van der Waals surface area contributed by atoms with Crippen molar-refractivity contribution in [2.45, 2.75) is 63.5 Å². The van der Waals surface area contributed by atoms with Crippen LogP contribution >= 0.6 is 0 Å². The Morgan fingerprint density at radius 2 is 1.67 bits per heavy atom. The number of nitrogens with zero attached hydrogens (tertiary/aromatic N) is 2. The van der Waals surface area contributed by atoms with E-state index in [0.29, 0.717) is 25.4 Å². The first-order chi connectivity index (χ1) is 13.2. The summed E-state index contributed by atoms with van der Waals surface area (Å²) in [6.45, 7) is 1.30. The zero-order chi connectivity index (χ0) is 18.8. The summed E-state index contributed by atoms with van der Waals surface area (Å²) in [6, 6.07) is 7.74. The van der Waals surface area contributed by atoms with Gasteiger partial charge < -0.3 is 14.6 Å². The highest BCUT2D eigenvalue weighted by Gasteiger charge is 2.39. The minimum atomic E-state index is -0.379. The predicted octanol–water partition coefficient (Wildman–Crippen LogP) is 2.36. The normalized spacial score (nSPS) is 25.5. The van der Waals surface area contributed by atoms with E-state index in [1.54, 1.807) is 4.90 Å². The number of benzene rings is 1. The fourth-order valence-corrected chi connectivity index (χ4v) is 5.04. The minimum Gasteiger partial charge on any atom is -0.331 e. The number of likely N-dealkylation sites (tertiary alicyclic amines) is 2. The molecule has 1 aromatic carbocycles. The maximum absolute atomic E-state index is 13.1. The molecule has 1 aliphatic carbocycles. The van der Waals surface area contributed by atoms with Gasteiger partial charge in [-0.15, -0.1) is 0 Å². The van der Waals surface area contributed by atoms with E-state index in [4.69, 9.17) is 0 Å². The van der Waals surface area contributed by atoms with Gasteiger partial charge in [0.05, 0.1) is 6.04 Å². The Morgan fingerprint density at radius 3 is 2.37 bits per heavy atom. The summed E-state index contributed by atoms with van der Waals surface area (Å²) in [5, 5.41) is 0. The first-order valence-corrected chi connectivity index (χ1v) is 10.3. The highest BCUT2D eigenvalue weighted by molar-refractivity contribution is 5.89. The monoisotopic (exact) mass is 368 g/mol. The van der Waals surface area contributed by atoms with E-state index in [0.717, 1.165) is 51.2 Å². The molecule has 1 unspecified atom stereocenters. The lowest BCUT2D eigenvalue weighted by molar-refractivity contribution is -0.149. The fourth-order valence-electron chi connectivity index (χ4n) is 5.04. The van der Waals surface area contributed by atoms with E-state index in [-0.39, 0.29) is 23.9 Å². The zero-order valence-electron chi connectivity index (χ0n) is 15.8. The summed E-state index contributed by atoms with van der Waals surface area (Å²) in [4.78, 5) is 40.9. The van der Waals surface area contributed by atoms with Gasteiger partial charge >= 0.3 is 0 Å². The van der Waals surface area contributed by atoms with Crippen LogP contribution in [-0.4, -0.2) is 53.1 Å². The van der Waals surface area contributed by atoms with Crippen LogP contribution in [0.5, 0.6) is 0 Å². The Kier molecular flexibility index (Phi) is 5.28. The van der Waals surface area contributed by atoms with Gasteiger partial charge in [-0.05, 0) is 62.0 Å². The zero-order valence-corrected chi connectivity index (χ0v) is 15.8. The lowest BCUT2D eigenvalue weighted by Gasteiger charge is -2.38. The number of carbonyl (C=O) groups excluding carboxylic acids is 3. The molecule has 0 bridgehead atoms. The van der Waals surface area contributed by atoms with Crippen molar-refractivity contribution < 1.29 is 14.4 Å². The predicted molar refractivity (Wildman–Crippen MR) is 102 cm³/mol. The van der Waals surface area contributed by atoms with Crippen molar-refractivity contribution in [3.63, 3.8) is 0 Å². The van der Waals surface area contributed by atoms with Gasteiger partial charge in [0, 0.05) is 19.5 Å². The molecule has 27 heavy (non-hydrogen) atoms. The van der Waals surface area contributed by atoms with Crippen LogP contribution in [0.1, 0.15) is 49.7 Å². The summed E-state index contributed by atoms with van der Waals surface area (Å²) < 4.78 is 0. The van der Waals surface area contributed by atoms with E-state index in [2.05, 4.69) is 24.3 Å². The number of fused-ring (bicyclic) bond motifs is 1. The van der Waals surface area contributed by atoms with E-state index >= 15 is 0 Å². The van der Waals surface area contributed by atoms with Gasteiger partial charge in [0.25, 0.3) is 0 Å². The SMILES string of the molecule is O=C[C@@H]1CCCN1C(=O)C1CCCCN1C(=O)CC1Cc2ccccc2C1. The van der Waals surface area contributed by atoms with Gasteiger partial charge in [-0.2, -0.15) is 0 Å². The first kappa shape index (κ1) is 18.2. The van der Waals surface area contributed by atoms with Crippen LogP contribution < -0.4 is 0 Å². The molecule has 2 amide bonds. The van der Waals surface area contributed by atoms with Gasteiger partial charge in [0.2, 0.25) is 11.8 Å². The number of rotatable bonds is 4. The Morgan fingerprint density at radius 1 is 0.963 bits per heavy atom. The van der Waals surface area contributed by atoms with Gasteiger partial charge in [-0.25, -0.2) is 0 Å². The van der Waals surface area contributed by atoms with Crippen LogP contribution in [0.25, 0.3) is 0 Å². The van der Waals surface area contributed by atoms with Gasteiger partial charge in [-0.1, -0.05) is 24.3 Å². The third-order valence-electron chi connectivity index (χ3n) is 6.45. The number of amides is 2. The average Bonchev–Trinajstić information content (AvgIpc) is 3.33. The summed E-state index contributed by atoms with van der Waals surface area (Å²) in [5.41, 5.74) is 2.71. The Labute approximate surface area is 160 Å². The molecule has 0 aromatic heterocycles. The second-order valence-corrected chi connectivity index (χ2v) is 8.22. The third-order valence-corrected chi connectivity index (χ3v) is 6.45. The fraction of sp³-hybridized carbons (Fsp3) is 0.591. The maximum atomic E-state index is 13.1. The molecule has 0 radical (unpaired) electrons. The van der Waals surface area contributed by atoms with E-state index in [1.807, 2.05) is 4.90 Å². The number of hydrogen-bond donors (Lipinski definition) is 0. The summed E-state index contributed by atoms with van der Waals surface area (Å²) >= 11 is 0. The molecule has 2 saturated heterocycles. The van der Waals surface area contributed by atoms with E-state index < -0.39 is 0 Å². The maximum Gasteiger partial charge on any atom is 0.245 e. The molecule has 5 heteroatoms. The van der Waals surface area contributed by atoms with Crippen molar-refractivity contribution in [2.24, 2.45) is 5.92 Å². The Balaban J connectivity index is 1.42. The van der Waals surface area contributed by atoms with Gasteiger partial charge in [-0.3, -0.25) is 9.59 Å². The molecule has 2 atom stereocenters. The van der Waals surface area contributed by atoms with Crippen LogP contribution in [0.3, 0.4) is 0 Å². The third kappa shape index (κ3) is 3.64. The average molecular weight is 368 g/mol. The lowest BCUT2D eigenvalue weighted by Crippen LogP contribution is -2.54. The molecule has 2 heterocycles. The van der Waals surface area contributed by atoms with Crippen LogP contribution in [0.4, 0.5) is 0 Å². The minimum absolute atomic E-state index is 0.0210. The summed E-state index contributed by atoms with van der Waals surface area (Å²) in [7, 11) is 0. The molecule has 0 N–H and O–H groups in total. The number of piperidine rings is 1.